The summed E-state index contributed by atoms with van der Waals surface area (Å²) >= 11 is 0. The SMILES string of the molecule is NC(CCC(=O)O)C(=O)Nc1ccc(CS(N)(=O)=O)cc1. The van der Waals surface area contributed by atoms with Crippen LogP contribution in [0.1, 0.15) is 18.4 Å². The minimum Gasteiger partial charge on any atom is -0.481 e. The molecule has 1 aromatic rings. The highest BCUT2D eigenvalue weighted by molar-refractivity contribution is 7.88. The number of primary sulfonamides is 1. The lowest BCUT2D eigenvalue weighted by Crippen LogP contribution is -2.36. The number of carboxylic acid groups (broad SMARTS) is 1. The molecule has 0 radical (unpaired) electrons. The fraction of sp³-hybridized carbons (Fsp3) is 0.333. The molecule has 0 saturated carbocycles. The van der Waals surface area contributed by atoms with Gasteiger partial charge in [-0.1, -0.05) is 12.1 Å². The summed E-state index contributed by atoms with van der Waals surface area (Å²) in [5.74, 6) is -1.82. The molecule has 1 atom stereocenters. The first kappa shape index (κ1) is 17.1. The minimum absolute atomic E-state index is 0.0324. The number of carbonyl (C=O) groups is 2. The molecule has 1 amide bonds. The Labute approximate surface area is 122 Å². The molecule has 0 aromatic heterocycles. The Morgan fingerprint density at radius 3 is 2.29 bits per heavy atom. The van der Waals surface area contributed by atoms with Gasteiger partial charge in [0.25, 0.3) is 0 Å². The van der Waals surface area contributed by atoms with Crippen LogP contribution in [0.3, 0.4) is 0 Å². The van der Waals surface area contributed by atoms with Gasteiger partial charge >= 0.3 is 5.97 Å². The zero-order valence-corrected chi connectivity index (χ0v) is 12.0. The number of carboxylic acids is 1. The van der Waals surface area contributed by atoms with Gasteiger partial charge in [-0.25, -0.2) is 13.6 Å². The fourth-order valence-electron chi connectivity index (χ4n) is 1.56. The maximum absolute atomic E-state index is 11.7. The smallest absolute Gasteiger partial charge is 0.303 e. The largest absolute Gasteiger partial charge is 0.481 e. The van der Waals surface area contributed by atoms with Crippen LogP contribution in [0, 0.1) is 0 Å². The summed E-state index contributed by atoms with van der Waals surface area (Å²) in [4.78, 5) is 22.1. The topological polar surface area (TPSA) is 153 Å². The molecule has 116 valence electrons. The molecule has 6 N–H and O–H groups in total. The van der Waals surface area contributed by atoms with Crippen LogP contribution >= 0.6 is 0 Å². The van der Waals surface area contributed by atoms with E-state index in [0.717, 1.165) is 0 Å². The van der Waals surface area contributed by atoms with Crippen molar-refractivity contribution in [1.29, 1.82) is 0 Å². The highest BCUT2D eigenvalue weighted by Gasteiger charge is 2.15. The first-order valence-corrected chi connectivity index (χ1v) is 7.76. The standard InChI is InChI=1S/C12H17N3O5S/c13-10(5-6-11(16)17)12(18)15-9-3-1-8(2-4-9)7-21(14,19)20/h1-4,10H,5-7,13H2,(H,15,18)(H,16,17)(H2,14,19,20). The summed E-state index contributed by atoms with van der Waals surface area (Å²) in [5, 5.41) is 16.0. The number of carbonyl (C=O) groups excluding carboxylic acids is 1. The Morgan fingerprint density at radius 2 is 1.81 bits per heavy atom. The molecule has 0 heterocycles. The molecule has 0 bridgehead atoms. The van der Waals surface area contributed by atoms with E-state index < -0.39 is 27.9 Å². The van der Waals surface area contributed by atoms with Gasteiger partial charge in [0.2, 0.25) is 15.9 Å². The summed E-state index contributed by atoms with van der Waals surface area (Å²) in [6.07, 6.45) is -0.160. The normalized spacial score (nSPS) is 12.7. The maximum atomic E-state index is 11.7. The molecule has 0 fully saturated rings. The lowest BCUT2D eigenvalue weighted by Gasteiger charge is -2.11. The number of anilines is 1. The number of nitrogens with one attached hydrogen (secondary N) is 1. The van der Waals surface area contributed by atoms with Crippen molar-refractivity contribution in [2.24, 2.45) is 10.9 Å². The van der Waals surface area contributed by atoms with Crippen LogP contribution < -0.4 is 16.2 Å². The Morgan fingerprint density at radius 1 is 1.24 bits per heavy atom. The van der Waals surface area contributed by atoms with Crippen molar-refractivity contribution in [3.05, 3.63) is 29.8 Å². The minimum atomic E-state index is -3.60. The van der Waals surface area contributed by atoms with Crippen molar-refractivity contribution < 1.29 is 23.1 Å². The van der Waals surface area contributed by atoms with Gasteiger partial charge in [0.1, 0.15) is 0 Å². The van der Waals surface area contributed by atoms with Crippen LogP contribution in [0.15, 0.2) is 24.3 Å². The van der Waals surface area contributed by atoms with Crippen molar-refractivity contribution in [2.45, 2.75) is 24.6 Å². The molecule has 1 rings (SSSR count). The third-order valence-corrected chi connectivity index (χ3v) is 3.33. The van der Waals surface area contributed by atoms with Crippen molar-refractivity contribution in [1.82, 2.24) is 0 Å². The average molecular weight is 315 g/mol. The van der Waals surface area contributed by atoms with Crippen LogP contribution in [0.4, 0.5) is 5.69 Å². The first-order valence-electron chi connectivity index (χ1n) is 6.05. The summed E-state index contributed by atoms with van der Waals surface area (Å²) in [7, 11) is -3.60. The van der Waals surface area contributed by atoms with E-state index in [1.807, 2.05) is 0 Å². The molecule has 0 aliphatic rings. The van der Waals surface area contributed by atoms with E-state index in [2.05, 4.69) is 5.32 Å². The van der Waals surface area contributed by atoms with E-state index in [0.29, 0.717) is 11.3 Å². The Bertz CT molecular complexity index is 612. The van der Waals surface area contributed by atoms with Crippen molar-refractivity contribution in [3.8, 4) is 0 Å². The van der Waals surface area contributed by atoms with Crippen LogP contribution in [0.5, 0.6) is 0 Å². The number of benzene rings is 1. The van der Waals surface area contributed by atoms with Crippen molar-refractivity contribution >= 4 is 27.6 Å². The second-order valence-electron chi connectivity index (χ2n) is 4.53. The fourth-order valence-corrected chi connectivity index (χ4v) is 2.22. The number of aliphatic carboxylic acids is 1. The molecule has 0 aliphatic carbocycles. The highest BCUT2D eigenvalue weighted by atomic mass is 32.2. The number of hydrogen-bond donors (Lipinski definition) is 4. The van der Waals surface area contributed by atoms with Gasteiger partial charge in [0.05, 0.1) is 11.8 Å². The molecule has 0 aliphatic heterocycles. The van der Waals surface area contributed by atoms with E-state index in [9.17, 15) is 18.0 Å². The van der Waals surface area contributed by atoms with Crippen LogP contribution in [-0.2, 0) is 25.4 Å². The van der Waals surface area contributed by atoms with E-state index in [1.165, 1.54) is 24.3 Å². The monoisotopic (exact) mass is 315 g/mol. The number of amides is 1. The van der Waals surface area contributed by atoms with E-state index in [1.54, 1.807) is 0 Å². The molecular formula is C12H17N3O5S. The molecule has 1 aromatic carbocycles. The Kier molecular flexibility index (Phi) is 5.82. The second kappa shape index (κ2) is 7.16. The van der Waals surface area contributed by atoms with Crippen LogP contribution in [0.2, 0.25) is 0 Å². The van der Waals surface area contributed by atoms with Gasteiger partial charge in [0.15, 0.2) is 0 Å². The molecule has 1 unspecified atom stereocenters. The quantitative estimate of drug-likeness (QED) is 0.537. The van der Waals surface area contributed by atoms with Crippen LogP contribution in [-0.4, -0.2) is 31.4 Å². The second-order valence-corrected chi connectivity index (χ2v) is 6.15. The van der Waals surface area contributed by atoms with E-state index >= 15 is 0 Å². The first-order chi connectivity index (χ1) is 9.67. The van der Waals surface area contributed by atoms with Gasteiger partial charge in [-0.15, -0.1) is 0 Å². The third kappa shape index (κ3) is 6.84. The number of sulfonamides is 1. The van der Waals surface area contributed by atoms with Crippen LogP contribution in [0.25, 0.3) is 0 Å². The highest BCUT2D eigenvalue weighted by Crippen LogP contribution is 2.12. The number of hydrogen-bond acceptors (Lipinski definition) is 5. The van der Waals surface area contributed by atoms with Gasteiger partial charge in [-0.05, 0) is 24.1 Å². The lowest BCUT2D eigenvalue weighted by molar-refractivity contribution is -0.137. The molecule has 21 heavy (non-hydrogen) atoms. The predicted molar refractivity (Wildman–Crippen MR) is 76.7 cm³/mol. The molecule has 0 spiro atoms. The Balaban J connectivity index is 2.59. The van der Waals surface area contributed by atoms with Gasteiger partial charge in [0, 0.05) is 12.1 Å². The predicted octanol–water partition coefficient (Wildman–Crippen LogP) is -0.394. The summed E-state index contributed by atoms with van der Waals surface area (Å²) in [6.45, 7) is 0. The lowest BCUT2D eigenvalue weighted by atomic mass is 10.1. The summed E-state index contributed by atoms with van der Waals surface area (Å²) < 4.78 is 21.8. The average Bonchev–Trinajstić information content (AvgIpc) is 2.36. The van der Waals surface area contributed by atoms with Gasteiger partial charge in [-0.3, -0.25) is 9.59 Å². The van der Waals surface area contributed by atoms with Crippen molar-refractivity contribution in [2.75, 3.05) is 5.32 Å². The zero-order chi connectivity index (χ0) is 16.0. The molecular weight excluding hydrogens is 298 g/mol. The number of nitrogens with two attached hydrogens (primary N) is 2. The summed E-state index contributed by atoms with van der Waals surface area (Å²) in [6, 6.07) is 5.14. The zero-order valence-electron chi connectivity index (χ0n) is 11.2. The van der Waals surface area contributed by atoms with Gasteiger partial charge in [-0.2, -0.15) is 0 Å². The Hall–Kier alpha value is -1.97. The molecule has 9 heteroatoms. The van der Waals surface area contributed by atoms with Crippen molar-refractivity contribution in [3.63, 3.8) is 0 Å². The van der Waals surface area contributed by atoms with Gasteiger partial charge < -0.3 is 16.2 Å². The molecule has 0 saturated heterocycles. The maximum Gasteiger partial charge on any atom is 0.303 e. The van der Waals surface area contributed by atoms with E-state index in [-0.39, 0.29) is 18.6 Å². The number of rotatable bonds is 7. The third-order valence-electron chi connectivity index (χ3n) is 2.60. The summed E-state index contributed by atoms with van der Waals surface area (Å²) in [5.41, 5.74) is 6.48. The van der Waals surface area contributed by atoms with E-state index in [4.69, 9.17) is 16.0 Å². The molecule has 8 nitrogen and oxygen atoms in total.